The van der Waals surface area contributed by atoms with Crippen molar-refractivity contribution in [3.8, 4) is 0 Å². The fourth-order valence-electron chi connectivity index (χ4n) is 9.22. The Labute approximate surface area is 201 Å². The molecule has 6 atom stereocenters. The van der Waals surface area contributed by atoms with Crippen molar-refractivity contribution in [2.24, 2.45) is 39.4 Å². The summed E-state index contributed by atoms with van der Waals surface area (Å²) in [4.78, 5) is 25.2. The third-order valence-corrected chi connectivity index (χ3v) is 11.4. The molecule has 2 unspecified atom stereocenters. The normalized spacial score (nSPS) is 40.5. The van der Waals surface area contributed by atoms with Crippen LogP contribution in [0.25, 0.3) is 0 Å². The molecular weight excluding hydrogens is 408 g/mol. The Morgan fingerprint density at radius 2 is 1.70 bits per heavy atom. The fourth-order valence-corrected chi connectivity index (χ4v) is 9.22. The molecule has 2 fully saturated rings. The van der Waals surface area contributed by atoms with Crippen LogP contribution in [0.5, 0.6) is 0 Å². The van der Waals surface area contributed by atoms with Gasteiger partial charge >= 0.3 is 5.97 Å². The lowest BCUT2D eigenvalue weighted by Crippen LogP contribution is -2.54. The molecule has 4 aliphatic rings. The van der Waals surface area contributed by atoms with Crippen molar-refractivity contribution in [3.63, 3.8) is 0 Å². The van der Waals surface area contributed by atoms with E-state index >= 15 is 0 Å². The lowest BCUT2D eigenvalue weighted by atomic mass is 9.43. The van der Waals surface area contributed by atoms with Crippen molar-refractivity contribution in [2.75, 3.05) is 0 Å². The average molecular weight is 455 g/mol. The second kappa shape index (κ2) is 8.09. The lowest BCUT2D eigenvalue weighted by molar-refractivity contribution is -0.146. The van der Waals surface area contributed by atoms with E-state index in [0.29, 0.717) is 18.1 Å². The number of hydrogen-bond acceptors (Lipinski definition) is 2. The van der Waals surface area contributed by atoms with Crippen LogP contribution in [0.3, 0.4) is 0 Å². The number of carbonyl (C=O) groups excluding carboxylic acids is 1. The molecule has 0 saturated heterocycles. The van der Waals surface area contributed by atoms with E-state index in [-0.39, 0.29) is 33.5 Å². The zero-order valence-corrected chi connectivity index (χ0v) is 22.1. The molecule has 0 aromatic heterocycles. The van der Waals surface area contributed by atoms with Gasteiger partial charge < -0.3 is 5.11 Å². The van der Waals surface area contributed by atoms with Crippen molar-refractivity contribution in [1.82, 2.24) is 0 Å². The van der Waals surface area contributed by atoms with E-state index in [2.05, 4.69) is 54.5 Å². The molecule has 1 N–H and O–H groups in total. The first-order chi connectivity index (χ1) is 15.3. The van der Waals surface area contributed by atoms with Gasteiger partial charge in [-0.15, -0.1) is 0 Å². The zero-order valence-electron chi connectivity index (χ0n) is 22.1. The predicted octanol–water partition coefficient (Wildman–Crippen LogP) is 7.75. The average Bonchev–Trinajstić information content (AvgIpc) is 3.00. The summed E-state index contributed by atoms with van der Waals surface area (Å²) < 4.78 is 0. The van der Waals surface area contributed by atoms with Crippen LogP contribution >= 0.6 is 0 Å². The first-order valence-corrected chi connectivity index (χ1v) is 13.4. The lowest BCUT2D eigenvalue weighted by Gasteiger charge is -2.60. The molecule has 184 valence electrons. The van der Waals surface area contributed by atoms with Crippen LogP contribution in [0.15, 0.2) is 22.8 Å². The topological polar surface area (TPSA) is 54.4 Å². The van der Waals surface area contributed by atoms with E-state index in [0.717, 1.165) is 57.8 Å². The summed E-state index contributed by atoms with van der Waals surface area (Å²) in [6.45, 7) is 15.9. The van der Waals surface area contributed by atoms with E-state index in [1.807, 2.05) is 0 Å². The number of allylic oxidation sites excluding steroid dienone is 4. The number of fused-ring (bicyclic) bond motifs is 4. The molecule has 0 aliphatic heterocycles. The first-order valence-electron chi connectivity index (χ1n) is 13.4. The zero-order chi connectivity index (χ0) is 24.4. The van der Waals surface area contributed by atoms with Gasteiger partial charge in [-0.25, -0.2) is 0 Å². The van der Waals surface area contributed by atoms with Crippen LogP contribution in [0, 0.1) is 39.4 Å². The Bertz CT molecular complexity index is 904. The highest BCUT2D eigenvalue weighted by Crippen LogP contribution is 2.72. The summed E-state index contributed by atoms with van der Waals surface area (Å²) in [5, 5.41) is 10.2. The van der Waals surface area contributed by atoms with Gasteiger partial charge in [-0.1, -0.05) is 57.4 Å². The highest BCUT2D eigenvalue weighted by Gasteiger charge is 2.64. The van der Waals surface area contributed by atoms with Crippen molar-refractivity contribution in [3.05, 3.63) is 22.8 Å². The van der Waals surface area contributed by atoms with Gasteiger partial charge in [-0.05, 0) is 99.7 Å². The molecule has 0 aromatic carbocycles. The van der Waals surface area contributed by atoms with Gasteiger partial charge in [0, 0.05) is 11.8 Å². The van der Waals surface area contributed by atoms with Crippen LogP contribution in [-0.4, -0.2) is 16.9 Å². The minimum absolute atomic E-state index is 0.0447. The summed E-state index contributed by atoms with van der Waals surface area (Å²) in [7, 11) is 0. The van der Waals surface area contributed by atoms with Crippen molar-refractivity contribution in [1.29, 1.82) is 0 Å². The summed E-state index contributed by atoms with van der Waals surface area (Å²) in [5.74, 6) is 0.270. The molecule has 0 amide bonds. The second-order valence-electron chi connectivity index (χ2n) is 13.3. The van der Waals surface area contributed by atoms with Crippen molar-refractivity contribution >= 4 is 11.8 Å². The predicted molar refractivity (Wildman–Crippen MR) is 134 cm³/mol. The summed E-state index contributed by atoms with van der Waals surface area (Å²) in [6.07, 6.45) is 12.0. The number of rotatable bonds is 5. The van der Waals surface area contributed by atoms with E-state index < -0.39 is 5.97 Å². The van der Waals surface area contributed by atoms with Crippen molar-refractivity contribution < 1.29 is 14.7 Å². The number of carbonyl (C=O) groups is 2. The Hall–Kier alpha value is -1.38. The van der Waals surface area contributed by atoms with Gasteiger partial charge in [-0.2, -0.15) is 0 Å². The molecule has 2 saturated carbocycles. The van der Waals surface area contributed by atoms with Crippen LogP contribution in [0.2, 0.25) is 0 Å². The Morgan fingerprint density at radius 1 is 1.00 bits per heavy atom. The third kappa shape index (κ3) is 3.50. The van der Waals surface area contributed by atoms with E-state index in [1.165, 1.54) is 5.57 Å². The van der Waals surface area contributed by atoms with Crippen LogP contribution in [0.1, 0.15) is 113 Å². The van der Waals surface area contributed by atoms with E-state index in [9.17, 15) is 14.7 Å². The third-order valence-electron chi connectivity index (χ3n) is 11.4. The van der Waals surface area contributed by atoms with Crippen LogP contribution in [-0.2, 0) is 9.59 Å². The summed E-state index contributed by atoms with van der Waals surface area (Å²) >= 11 is 0. The molecule has 0 aromatic rings. The molecule has 0 bridgehead atoms. The number of hydrogen-bond donors (Lipinski definition) is 1. The second-order valence-corrected chi connectivity index (χ2v) is 13.3. The quantitative estimate of drug-likeness (QED) is 0.432. The number of carboxylic acid groups (broad SMARTS) is 1. The van der Waals surface area contributed by atoms with Gasteiger partial charge in [0.15, 0.2) is 0 Å². The molecule has 0 heterocycles. The minimum Gasteiger partial charge on any atom is -0.481 e. The smallest absolute Gasteiger partial charge is 0.306 e. The Morgan fingerprint density at radius 3 is 2.33 bits per heavy atom. The number of Topliss-reactive ketones (excluding diaryl/α,β-unsaturated/α-hetero) is 1. The van der Waals surface area contributed by atoms with E-state index in [4.69, 9.17) is 0 Å². The van der Waals surface area contributed by atoms with Gasteiger partial charge in [-0.3, -0.25) is 9.59 Å². The Balaban J connectivity index is 1.70. The van der Waals surface area contributed by atoms with Crippen molar-refractivity contribution in [2.45, 2.75) is 113 Å². The maximum Gasteiger partial charge on any atom is 0.306 e. The van der Waals surface area contributed by atoms with Crippen LogP contribution in [0.4, 0.5) is 0 Å². The SMILES string of the molecule is CC(C)=CCCC(C(=O)O)[C@H]1CC[C@@]2(C)C3=C(CC[C@]12C)[C@@]1(C)CCC(=O)C(C)(C)C1CC3. The monoisotopic (exact) mass is 454 g/mol. The van der Waals surface area contributed by atoms with Gasteiger partial charge in [0.05, 0.1) is 5.92 Å². The molecule has 4 aliphatic carbocycles. The van der Waals surface area contributed by atoms with Gasteiger partial charge in [0.25, 0.3) is 0 Å². The maximum absolute atomic E-state index is 12.8. The van der Waals surface area contributed by atoms with Gasteiger partial charge in [0.2, 0.25) is 0 Å². The molecule has 33 heavy (non-hydrogen) atoms. The number of aliphatic carboxylic acids is 1. The maximum atomic E-state index is 12.8. The molecule has 4 rings (SSSR count). The standard InChI is InChI=1S/C30H46O3/c1-19(2)9-8-10-20(26(32)33)21-13-17-30(7)23-11-12-24-27(3,4)25(31)15-16-28(24,5)22(23)14-18-29(21,30)6/h9,20-21,24H,8,10-18H2,1-7H3,(H,32,33)/t20?,21-,24?,28-,29-,30+/m1/s1. The minimum atomic E-state index is -0.601. The highest BCUT2D eigenvalue weighted by molar-refractivity contribution is 5.85. The summed E-state index contributed by atoms with van der Waals surface area (Å²) in [5.41, 5.74) is 4.63. The largest absolute Gasteiger partial charge is 0.481 e. The molecule has 0 radical (unpaired) electrons. The summed E-state index contributed by atoms with van der Waals surface area (Å²) in [6, 6.07) is 0. The first kappa shape index (κ1) is 24.7. The molecular formula is C30H46O3. The number of ketones is 1. The molecule has 3 heteroatoms. The van der Waals surface area contributed by atoms with Gasteiger partial charge in [0.1, 0.15) is 5.78 Å². The van der Waals surface area contributed by atoms with Crippen LogP contribution < -0.4 is 0 Å². The number of carboxylic acids is 1. The molecule has 3 nitrogen and oxygen atoms in total. The molecule has 0 spiro atoms. The fraction of sp³-hybridized carbons (Fsp3) is 0.800. The van der Waals surface area contributed by atoms with E-state index in [1.54, 1.807) is 11.1 Å². The Kier molecular flexibility index (Phi) is 6.07. The highest BCUT2D eigenvalue weighted by atomic mass is 16.4.